The molecule has 1 aliphatic rings. The summed E-state index contributed by atoms with van der Waals surface area (Å²) in [6.45, 7) is 3.96. The van der Waals surface area contributed by atoms with Crippen LogP contribution in [0.2, 0.25) is 0 Å². The molecular weight excluding hydrogens is 306 g/mol. The molecule has 1 saturated heterocycles. The van der Waals surface area contributed by atoms with E-state index in [1.54, 1.807) is 16.9 Å². The van der Waals surface area contributed by atoms with Crippen molar-refractivity contribution in [1.29, 1.82) is 0 Å². The maximum atomic E-state index is 12.3. The fourth-order valence-corrected chi connectivity index (χ4v) is 2.78. The van der Waals surface area contributed by atoms with Crippen LogP contribution < -0.4 is 10.2 Å². The number of anilines is 2. The summed E-state index contributed by atoms with van der Waals surface area (Å²) in [5.74, 6) is 1.05. The van der Waals surface area contributed by atoms with E-state index >= 15 is 0 Å². The minimum Gasteiger partial charge on any atom is -0.357 e. The number of carbonyl (C=O) groups excluding carboxylic acids is 1. The van der Waals surface area contributed by atoms with Gasteiger partial charge in [0.05, 0.1) is 11.9 Å². The molecule has 0 unspecified atom stereocenters. The van der Waals surface area contributed by atoms with Crippen LogP contribution in [0.25, 0.3) is 5.78 Å². The summed E-state index contributed by atoms with van der Waals surface area (Å²) in [6, 6.07) is 5.58. The van der Waals surface area contributed by atoms with Crippen molar-refractivity contribution in [2.45, 2.75) is 19.8 Å². The third-order valence-corrected chi connectivity index (χ3v) is 4.07. The van der Waals surface area contributed by atoms with Crippen molar-refractivity contribution in [3.05, 3.63) is 42.1 Å². The number of carbonyl (C=O) groups is 1. The van der Waals surface area contributed by atoms with Crippen molar-refractivity contribution in [3.63, 3.8) is 0 Å². The summed E-state index contributed by atoms with van der Waals surface area (Å²) in [5, 5.41) is 6.96. The van der Waals surface area contributed by atoms with Crippen LogP contribution in [0.5, 0.6) is 0 Å². The fraction of sp³-hybridized carbons (Fsp3) is 0.312. The Morgan fingerprint density at radius 1 is 1.17 bits per heavy atom. The lowest BCUT2D eigenvalue weighted by Crippen LogP contribution is -2.19. The molecule has 1 N–H and O–H groups in total. The zero-order chi connectivity index (χ0) is 16.5. The number of amides is 1. The van der Waals surface area contributed by atoms with E-state index in [-0.39, 0.29) is 11.7 Å². The van der Waals surface area contributed by atoms with Gasteiger partial charge in [-0.05, 0) is 38.0 Å². The molecule has 1 amide bonds. The number of nitrogens with one attached hydrogen (secondary N) is 1. The monoisotopic (exact) mass is 323 g/mol. The summed E-state index contributed by atoms with van der Waals surface area (Å²) in [5.41, 5.74) is 1.48. The van der Waals surface area contributed by atoms with Crippen LogP contribution in [0.1, 0.15) is 29.2 Å². The largest absolute Gasteiger partial charge is 0.357 e. The topological polar surface area (TPSA) is 88.3 Å². The van der Waals surface area contributed by atoms with Crippen LogP contribution in [-0.4, -0.2) is 43.6 Å². The second kappa shape index (κ2) is 5.88. The quantitative estimate of drug-likeness (QED) is 0.789. The number of aryl methyl sites for hydroxylation is 1. The number of nitrogens with zero attached hydrogens (tertiary/aromatic N) is 6. The molecule has 24 heavy (non-hydrogen) atoms. The summed E-state index contributed by atoms with van der Waals surface area (Å²) in [6.07, 6.45) is 5.70. The number of rotatable bonds is 3. The molecule has 0 atom stereocenters. The first-order valence-corrected chi connectivity index (χ1v) is 7.91. The first kappa shape index (κ1) is 14.6. The molecule has 0 radical (unpaired) electrons. The summed E-state index contributed by atoms with van der Waals surface area (Å²) in [7, 11) is 0. The minimum atomic E-state index is -0.379. The molecule has 0 aliphatic carbocycles. The van der Waals surface area contributed by atoms with Gasteiger partial charge in [-0.15, -0.1) is 5.10 Å². The molecule has 0 spiro atoms. The van der Waals surface area contributed by atoms with E-state index in [4.69, 9.17) is 0 Å². The highest BCUT2D eigenvalue weighted by atomic mass is 16.2. The standard InChI is InChI=1S/C16H17N7O/c1-11-6-7-17-16-20-14(21-23(11)16)15(24)19-12-4-5-13(18-10-12)22-8-2-3-9-22/h4-7,10H,2-3,8-9H2,1H3,(H,19,24). The van der Waals surface area contributed by atoms with E-state index in [1.165, 1.54) is 12.8 Å². The minimum absolute atomic E-state index is 0.0837. The van der Waals surface area contributed by atoms with E-state index in [2.05, 4.69) is 30.3 Å². The Bertz CT molecular complexity index is 881. The van der Waals surface area contributed by atoms with Gasteiger partial charge in [0, 0.05) is 25.0 Å². The predicted molar refractivity (Wildman–Crippen MR) is 89.2 cm³/mol. The van der Waals surface area contributed by atoms with Crippen LogP contribution in [0, 0.1) is 6.92 Å². The molecule has 8 nitrogen and oxygen atoms in total. The number of hydrogen-bond donors (Lipinski definition) is 1. The number of pyridine rings is 1. The van der Waals surface area contributed by atoms with E-state index in [1.807, 2.05) is 25.1 Å². The average Bonchev–Trinajstić information content (AvgIpc) is 3.26. The Labute approximate surface area is 138 Å². The van der Waals surface area contributed by atoms with Crippen molar-refractivity contribution >= 4 is 23.2 Å². The van der Waals surface area contributed by atoms with Gasteiger partial charge in [0.1, 0.15) is 5.82 Å². The molecule has 1 fully saturated rings. The molecular formula is C16H17N7O. The molecule has 0 saturated carbocycles. The Kier molecular flexibility index (Phi) is 3.56. The van der Waals surface area contributed by atoms with E-state index in [9.17, 15) is 4.79 Å². The highest BCUT2D eigenvalue weighted by Crippen LogP contribution is 2.19. The van der Waals surface area contributed by atoms with Crippen LogP contribution in [0.4, 0.5) is 11.5 Å². The molecule has 0 bridgehead atoms. The zero-order valence-electron chi connectivity index (χ0n) is 13.3. The second-order valence-corrected chi connectivity index (χ2v) is 5.79. The van der Waals surface area contributed by atoms with E-state index < -0.39 is 0 Å². The molecule has 0 aromatic carbocycles. The molecule has 3 aromatic heterocycles. The van der Waals surface area contributed by atoms with E-state index in [0.29, 0.717) is 11.5 Å². The third-order valence-electron chi connectivity index (χ3n) is 4.07. The Hall–Kier alpha value is -3.03. The lowest BCUT2D eigenvalue weighted by atomic mass is 10.3. The van der Waals surface area contributed by atoms with Gasteiger partial charge < -0.3 is 10.2 Å². The molecule has 4 heterocycles. The zero-order valence-corrected chi connectivity index (χ0v) is 13.3. The number of fused-ring (bicyclic) bond motifs is 1. The van der Waals surface area contributed by atoms with Gasteiger partial charge in [-0.3, -0.25) is 4.79 Å². The van der Waals surface area contributed by atoms with Crippen molar-refractivity contribution in [1.82, 2.24) is 24.6 Å². The van der Waals surface area contributed by atoms with Gasteiger partial charge in [-0.25, -0.2) is 14.5 Å². The molecule has 122 valence electrons. The van der Waals surface area contributed by atoms with Gasteiger partial charge in [0.2, 0.25) is 5.82 Å². The smallest absolute Gasteiger partial charge is 0.295 e. The van der Waals surface area contributed by atoms with Crippen LogP contribution in [-0.2, 0) is 0 Å². The molecule has 4 rings (SSSR count). The van der Waals surface area contributed by atoms with Crippen molar-refractivity contribution < 1.29 is 4.79 Å². The number of aromatic nitrogens is 5. The maximum Gasteiger partial charge on any atom is 0.295 e. The van der Waals surface area contributed by atoms with Crippen molar-refractivity contribution in [2.24, 2.45) is 0 Å². The van der Waals surface area contributed by atoms with Crippen LogP contribution in [0.15, 0.2) is 30.6 Å². The van der Waals surface area contributed by atoms with Gasteiger partial charge in [-0.2, -0.15) is 4.98 Å². The molecule has 1 aliphatic heterocycles. The lowest BCUT2D eigenvalue weighted by molar-refractivity contribution is 0.101. The Morgan fingerprint density at radius 2 is 2.00 bits per heavy atom. The summed E-state index contributed by atoms with van der Waals surface area (Å²) in [4.78, 5) is 27.2. The van der Waals surface area contributed by atoms with Gasteiger partial charge >= 0.3 is 0 Å². The number of hydrogen-bond acceptors (Lipinski definition) is 6. The predicted octanol–water partition coefficient (Wildman–Crippen LogP) is 1.68. The van der Waals surface area contributed by atoms with E-state index in [0.717, 1.165) is 24.6 Å². The highest BCUT2D eigenvalue weighted by Gasteiger charge is 2.16. The fourth-order valence-electron chi connectivity index (χ4n) is 2.78. The normalized spacial score (nSPS) is 14.3. The SMILES string of the molecule is Cc1ccnc2nc(C(=O)Nc3ccc(N4CCCC4)nc3)nn12. The first-order valence-electron chi connectivity index (χ1n) is 7.91. The van der Waals surface area contributed by atoms with Crippen molar-refractivity contribution in [2.75, 3.05) is 23.3 Å². The maximum absolute atomic E-state index is 12.3. The van der Waals surface area contributed by atoms with Gasteiger partial charge in [0.15, 0.2) is 0 Å². The first-order chi connectivity index (χ1) is 11.7. The van der Waals surface area contributed by atoms with Crippen LogP contribution >= 0.6 is 0 Å². The second-order valence-electron chi connectivity index (χ2n) is 5.79. The average molecular weight is 323 g/mol. The molecule has 3 aromatic rings. The summed E-state index contributed by atoms with van der Waals surface area (Å²) >= 11 is 0. The summed E-state index contributed by atoms with van der Waals surface area (Å²) < 4.78 is 1.55. The lowest BCUT2D eigenvalue weighted by Gasteiger charge is -2.16. The highest BCUT2D eigenvalue weighted by molar-refractivity contribution is 6.01. The van der Waals surface area contributed by atoms with Gasteiger partial charge in [0.25, 0.3) is 11.7 Å². The third kappa shape index (κ3) is 2.66. The van der Waals surface area contributed by atoms with Gasteiger partial charge in [-0.1, -0.05) is 0 Å². The Balaban J connectivity index is 1.51. The molecule has 8 heteroatoms. The van der Waals surface area contributed by atoms with Crippen LogP contribution in [0.3, 0.4) is 0 Å². The Morgan fingerprint density at radius 3 is 2.71 bits per heavy atom. The van der Waals surface area contributed by atoms with Crippen molar-refractivity contribution in [3.8, 4) is 0 Å².